The van der Waals surface area contributed by atoms with Crippen molar-refractivity contribution >= 4 is 39.3 Å². The van der Waals surface area contributed by atoms with Gasteiger partial charge in [0, 0.05) is 30.6 Å². The summed E-state index contributed by atoms with van der Waals surface area (Å²) in [6.45, 7) is 8.48. The van der Waals surface area contributed by atoms with Gasteiger partial charge in [0.2, 0.25) is 21.8 Å². The van der Waals surface area contributed by atoms with Crippen molar-refractivity contribution in [2.45, 2.75) is 50.1 Å². The Hall–Kier alpha value is -2.36. The zero-order valence-corrected chi connectivity index (χ0v) is 21.2. The molecular weight excluding hydrogens is 458 g/mol. The third kappa shape index (κ3) is 5.59. The van der Waals surface area contributed by atoms with Gasteiger partial charge in [-0.25, -0.2) is 8.42 Å². The second kappa shape index (κ2) is 10.7. The minimum Gasteiger partial charge on any atom is -0.334 e. The SMILES string of the molecule is CCN(CC)S(=O)(=O)c1ccc2c(c1)N(CC(=O)N(Cc1ccccc1)C(C)C)C(=O)CS2. The molecule has 0 aliphatic carbocycles. The van der Waals surface area contributed by atoms with Gasteiger partial charge < -0.3 is 9.80 Å². The Kier molecular flexibility index (Phi) is 8.20. The first kappa shape index (κ1) is 25.3. The summed E-state index contributed by atoms with van der Waals surface area (Å²) in [4.78, 5) is 30.2. The highest BCUT2D eigenvalue weighted by molar-refractivity contribution is 8.00. The third-order valence-electron chi connectivity index (χ3n) is 5.65. The number of hydrogen-bond donors (Lipinski definition) is 0. The molecule has 2 amide bonds. The van der Waals surface area contributed by atoms with Crippen molar-refractivity contribution in [2.75, 3.05) is 30.3 Å². The average Bonchev–Trinajstić information content (AvgIpc) is 2.80. The minimum absolute atomic E-state index is 0.0548. The van der Waals surface area contributed by atoms with E-state index in [9.17, 15) is 18.0 Å². The van der Waals surface area contributed by atoms with Gasteiger partial charge in [-0.15, -0.1) is 11.8 Å². The summed E-state index contributed by atoms with van der Waals surface area (Å²) in [6.07, 6.45) is 0. The second-order valence-corrected chi connectivity index (χ2v) is 11.0. The standard InChI is InChI=1S/C24H31N3O4S2/c1-5-25(6-2)33(30,31)20-12-13-22-21(14-20)27(24(29)17-32-22)16-23(28)26(18(3)4)15-19-10-8-7-9-11-19/h7-14,18H,5-6,15-17H2,1-4H3. The van der Waals surface area contributed by atoms with E-state index in [1.54, 1.807) is 30.9 Å². The molecule has 33 heavy (non-hydrogen) atoms. The van der Waals surface area contributed by atoms with Crippen LogP contribution in [0, 0.1) is 0 Å². The lowest BCUT2D eigenvalue weighted by Crippen LogP contribution is -2.47. The van der Waals surface area contributed by atoms with E-state index in [1.807, 2.05) is 44.2 Å². The van der Waals surface area contributed by atoms with Crippen LogP contribution in [0.2, 0.25) is 0 Å². The third-order valence-corrected chi connectivity index (χ3v) is 8.74. The number of benzene rings is 2. The predicted molar refractivity (Wildman–Crippen MR) is 132 cm³/mol. The topological polar surface area (TPSA) is 78.0 Å². The average molecular weight is 490 g/mol. The fraction of sp³-hybridized carbons (Fsp3) is 0.417. The zero-order valence-electron chi connectivity index (χ0n) is 19.5. The molecule has 178 valence electrons. The lowest BCUT2D eigenvalue weighted by atomic mass is 10.2. The number of thioether (sulfide) groups is 1. The van der Waals surface area contributed by atoms with Crippen LogP contribution in [0.25, 0.3) is 0 Å². The summed E-state index contributed by atoms with van der Waals surface area (Å²) in [5.41, 5.74) is 1.48. The number of hydrogen-bond acceptors (Lipinski definition) is 5. The number of rotatable bonds is 9. The van der Waals surface area contributed by atoms with E-state index in [0.29, 0.717) is 25.3 Å². The zero-order chi connectivity index (χ0) is 24.2. The number of carbonyl (C=O) groups excluding carboxylic acids is 2. The molecule has 0 saturated carbocycles. The molecule has 0 spiro atoms. The van der Waals surface area contributed by atoms with Crippen LogP contribution in [-0.2, 0) is 26.2 Å². The van der Waals surface area contributed by atoms with Crippen molar-refractivity contribution in [1.82, 2.24) is 9.21 Å². The monoisotopic (exact) mass is 489 g/mol. The van der Waals surface area contributed by atoms with Crippen molar-refractivity contribution in [3.05, 3.63) is 54.1 Å². The van der Waals surface area contributed by atoms with Crippen molar-refractivity contribution in [2.24, 2.45) is 0 Å². The summed E-state index contributed by atoms with van der Waals surface area (Å²) in [6, 6.07) is 14.5. The highest BCUT2D eigenvalue weighted by atomic mass is 32.2. The lowest BCUT2D eigenvalue weighted by molar-refractivity contribution is -0.133. The van der Waals surface area contributed by atoms with Crippen LogP contribution in [0.3, 0.4) is 0 Å². The highest BCUT2D eigenvalue weighted by Gasteiger charge is 2.31. The molecule has 0 aromatic heterocycles. The Labute approximate surface area is 200 Å². The number of nitrogens with zero attached hydrogens (tertiary/aromatic N) is 3. The first-order valence-electron chi connectivity index (χ1n) is 11.1. The Morgan fingerprint density at radius 1 is 1.09 bits per heavy atom. The Balaban J connectivity index is 1.91. The Morgan fingerprint density at radius 2 is 1.76 bits per heavy atom. The maximum atomic E-state index is 13.3. The molecule has 0 bridgehead atoms. The Morgan fingerprint density at radius 3 is 2.36 bits per heavy atom. The summed E-state index contributed by atoms with van der Waals surface area (Å²) in [5.74, 6) is -0.179. The molecule has 0 fully saturated rings. The van der Waals surface area contributed by atoms with Crippen LogP contribution in [0.15, 0.2) is 58.3 Å². The van der Waals surface area contributed by atoms with E-state index < -0.39 is 10.0 Å². The van der Waals surface area contributed by atoms with E-state index in [2.05, 4.69) is 0 Å². The van der Waals surface area contributed by atoms with E-state index in [1.165, 1.54) is 27.0 Å². The fourth-order valence-electron chi connectivity index (χ4n) is 3.79. The van der Waals surface area contributed by atoms with Crippen LogP contribution in [-0.4, -0.2) is 60.9 Å². The van der Waals surface area contributed by atoms with Crippen molar-refractivity contribution in [1.29, 1.82) is 0 Å². The van der Waals surface area contributed by atoms with Crippen molar-refractivity contribution in [3.63, 3.8) is 0 Å². The van der Waals surface area contributed by atoms with Crippen LogP contribution in [0.1, 0.15) is 33.3 Å². The summed E-state index contributed by atoms with van der Waals surface area (Å²) in [7, 11) is -3.68. The lowest BCUT2D eigenvalue weighted by Gasteiger charge is -2.33. The van der Waals surface area contributed by atoms with E-state index >= 15 is 0 Å². The summed E-state index contributed by atoms with van der Waals surface area (Å²) < 4.78 is 27.4. The predicted octanol–water partition coefficient (Wildman–Crippen LogP) is 3.59. The van der Waals surface area contributed by atoms with Gasteiger partial charge in [-0.1, -0.05) is 44.2 Å². The number of sulfonamides is 1. The molecule has 1 aliphatic heterocycles. The van der Waals surface area contributed by atoms with Crippen molar-refractivity contribution in [3.8, 4) is 0 Å². The van der Waals surface area contributed by atoms with E-state index in [4.69, 9.17) is 0 Å². The Bertz CT molecular complexity index is 1100. The smallest absolute Gasteiger partial charge is 0.243 e. The van der Waals surface area contributed by atoms with Gasteiger partial charge in [0.15, 0.2) is 0 Å². The first-order valence-corrected chi connectivity index (χ1v) is 13.5. The minimum atomic E-state index is -3.68. The number of carbonyl (C=O) groups is 2. The first-order chi connectivity index (χ1) is 15.7. The second-order valence-electron chi connectivity index (χ2n) is 8.09. The van der Waals surface area contributed by atoms with E-state index in [-0.39, 0.29) is 35.0 Å². The van der Waals surface area contributed by atoms with Gasteiger partial charge in [-0.3, -0.25) is 9.59 Å². The maximum Gasteiger partial charge on any atom is 0.243 e. The molecule has 0 N–H and O–H groups in total. The summed E-state index contributed by atoms with van der Waals surface area (Å²) >= 11 is 1.36. The van der Waals surface area contributed by atoms with E-state index in [0.717, 1.165) is 10.5 Å². The van der Waals surface area contributed by atoms with Crippen LogP contribution in [0.4, 0.5) is 5.69 Å². The molecule has 0 unspecified atom stereocenters. The fourth-order valence-corrected chi connectivity index (χ4v) is 6.19. The molecule has 0 atom stereocenters. The molecule has 7 nitrogen and oxygen atoms in total. The van der Waals surface area contributed by atoms with Crippen molar-refractivity contribution < 1.29 is 18.0 Å². The van der Waals surface area contributed by atoms with Gasteiger partial charge in [-0.05, 0) is 37.6 Å². The largest absolute Gasteiger partial charge is 0.334 e. The number of amides is 2. The van der Waals surface area contributed by atoms with Crippen LogP contribution < -0.4 is 4.90 Å². The van der Waals surface area contributed by atoms with Crippen LogP contribution >= 0.6 is 11.8 Å². The molecular formula is C24H31N3O4S2. The van der Waals surface area contributed by atoms with Gasteiger partial charge in [-0.2, -0.15) is 4.31 Å². The quantitative estimate of drug-likeness (QED) is 0.538. The summed E-state index contributed by atoms with van der Waals surface area (Å²) in [5, 5.41) is 0. The van der Waals surface area contributed by atoms with Gasteiger partial charge in [0.1, 0.15) is 6.54 Å². The normalized spacial score (nSPS) is 14.0. The molecule has 0 saturated heterocycles. The molecule has 0 radical (unpaired) electrons. The highest BCUT2D eigenvalue weighted by Crippen LogP contribution is 2.37. The molecule has 2 aromatic carbocycles. The number of fused-ring (bicyclic) bond motifs is 1. The van der Waals surface area contributed by atoms with Gasteiger partial charge in [0.25, 0.3) is 0 Å². The van der Waals surface area contributed by atoms with Gasteiger partial charge in [0.05, 0.1) is 16.3 Å². The van der Waals surface area contributed by atoms with Gasteiger partial charge >= 0.3 is 0 Å². The molecule has 3 rings (SSSR count). The maximum absolute atomic E-state index is 13.3. The van der Waals surface area contributed by atoms with Crippen LogP contribution in [0.5, 0.6) is 0 Å². The molecule has 2 aromatic rings. The molecule has 1 aliphatic rings. The molecule has 1 heterocycles. The molecule has 9 heteroatoms. The number of anilines is 1.